The van der Waals surface area contributed by atoms with Crippen LogP contribution in [0.2, 0.25) is 0 Å². The normalized spacial score (nSPS) is 12.3. The molecule has 0 saturated heterocycles. The van der Waals surface area contributed by atoms with Gasteiger partial charge in [-0.05, 0) is 31.2 Å². The van der Waals surface area contributed by atoms with E-state index in [1.165, 1.54) is 4.88 Å². The van der Waals surface area contributed by atoms with E-state index in [2.05, 4.69) is 28.7 Å². The summed E-state index contributed by atoms with van der Waals surface area (Å²) in [7, 11) is 0. The average molecular weight is 294 g/mol. The molecule has 1 unspecified atom stereocenters. The van der Waals surface area contributed by atoms with Gasteiger partial charge in [-0.2, -0.15) is 0 Å². The molecule has 0 bridgehead atoms. The summed E-state index contributed by atoms with van der Waals surface area (Å²) in [6.45, 7) is 4.14. The summed E-state index contributed by atoms with van der Waals surface area (Å²) < 4.78 is 0. The zero-order chi connectivity index (χ0) is 13.7. The molecule has 0 fully saturated rings. The molecule has 2 aromatic heterocycles. The largest absolute Gasteiger partial charge is 0.348 e. The van der Waals surface area contributed by atoms with Crippen LogP contribution in [-0.2, 0) is 12.8 Å². The minimum Gasteiger partial charge on any atom is -0.348 e. The van der Waals surface area contributed by atoms with E-state index < -0.39 is 0 Å². The summed E-state index contributed by atoms with van der Waals surface area (Å²) in [6, 6.07) is 4.25. The summed E-state index contributed by atoms with van der Waals surface area (Å²) in [4.78, 5) is 17.7. The van der Waals surface area contributed by atoms with Crippen LogP contribution >= 0.6 is 22.7 Å². The number of carbonyl (C=O) groups is 1. The Hall–Kier alpha value is -1.20. The highest BCUT2D eigenvalue weighted by Gasteiger charge is 2.13. The Labute approximate surface area is 121 Å². The highest BCUT2D eigenvalue weighted by atomic mass is 32.1. The number of thiophene rings is 1. The second kappa shape index (κ2) is 6.82. The third kappa shape index (κ3) is 4.14. The average Bonchev–Trinajstić information content (AvgIpc) is 3.00. The number of amides is 1. The fraction of sp³-hybridized carbons (Fsp3) is 0.429. The van der Waals surface area contributed by atoms with E-state index in [1.807, 2.05) is 18.4 Å². The maximum atomic E-state index is 12.0. The van der Waals surface area contributed by atoms with Crippen molar-refractivity contribution >= 4 is 28.6 Å². The van der Waals surface area contributed by atoms with E-state index in [0.717, 1.165) is 24.3 Å². The molecule has 3 nitrogen and oxygen atoms in total. The Morgan fingerprint density at radius 2 is 2.32 bits per heavy atom. The first kappa shape index (κ1) is 14.2. The summed E-state index contributed by atoms with van der Waals surface area (Å²) in [5, 5.41) is 7.94. The molecule has 1 N–H and O–H groups in total. The molecule has 0 radical (unpaired) electrons. The highest BCUT2D eigenvalue weighted by Crippen LogP contribution is 2.13. The fourth-order valence-corrected chi connectivity index (χ4v) is 3.54. The molecule has 0 spiro atoms. The molecule has 102 valence electrons. The van der Waals surface area contributed by atoms with Crippen LogP contribution in [0, 0.1) is 0 Å². The molecule has 0 aliphatic rings. The van der Waals surface area contributed by atoms with Crippen molar-refractivity contribution in [2.45, 2.75) is 39.2 Å². The lowest BCUT2D eigenvalue weighted by atomic mass is 10.2. The molecule has 19 heavy (non-hydrogen) atoms. The van der Waals surface area contributed by atoms with Crippen molar-refractivity contribution in [3.05, 3.63) is 38.5 Å². The predicted molar refractivity (Wildman–Crippen MR) is 81.1 cm³/mol. The van der Waals surface area contributed by atoms with E-state index >= 15 is 0 Å². The zero-order valence-corrected chi connectivity index (χ0v) is 12.8. The van der Waals surface area contributed by atoms with Gasteiger partial charge in [-0.1, -0.05) is 13.0 Å². The van der Waals surface area contributed by atoms with Crippen LogP contribution in [0.3, 0.4) is 0 Å². The summed E-state index contributed by atoms with van der Waals surface area (Å²) in [5.41, 5.74) is 0.548. The summed E-state index contributed by atoms with van der Waals surface area (Å²) in [6.07, 6.45) is 2.88. The van der Waals surface area contributed by atoms with Crippen molar-refractivity contribution in [3.63, 3.8) is 0 Å². The van der Waals surface area contributed by atoms with Gasteiger partial charge in [-0.25, -0.2) is 4.98 Å². The Balaban J connectivity index is 1.88. The highest BCUT2D eigenvalue weighted by molar-refractivity contribution is 7.10. The molecule has 0 saturated carbocycles. The SMILES string of the molecule is CCCc1nc(C(=O)NC(C)Cc2cccs2)cs1. The molecule has 1 atom stereocenters. The number of hydrogen-bond donors (Lipinski definition) is 1. The van der Waals surface area contributed by atoms with Crippen molar-refractivity contribution in [3.8, 4) is 0 Å². The molecule has 0 aliphatic heterocycles. The van der Waals surface area contributed by atoms with Gasteiger partial charge in [0.2, 0.25) is 0 Å². The molecule has 0 aromatic carbocycles. The number of carbonyl (C=O) groups excluding carboxylic acids is 1. The topological polar surface area (TPSA) is 42.0 Å². The lowest BCUT2D eigenvalue weighted by Crippen LogP contribution is -2.34. The van der Waals surface area contributed by atoms with Crippen molar-refractivity contribution in [1.82, 2.24) is 10.3 Å². The fourth-order valence-electron chi connectivity index (χ4n) is 1.82. The Bertz CT molecular complexity index is 519. The van der Waals surface area contributed by atoms with Gasteiger partial charge in [0.05, 0.1) is 5.01 Å². The number of thiazole rings is 1. The van der Waals surface area contributed by atoms with Gasteiger partial charge in [0.1, 0.15) is 5.69 Å². The minimum absolute atomic E-state index is 0.0670. The third-order valence-corrected chi connectivity index (χ3v) is 4.52. The minimum atomic E-state index is -0.0670. The number of hydrogen-bond acceptors (Lipinski definition) is 4. The van der Waals surface area contributed by atoms with Gasteiger partial charge >= 0.3 is 0 Å². The second-order valence-electron chi connectivity index (χ2n) is 4.53. The Morgan fingerprint density at radius 1 is 1.47 bits per heavy atom. The third-order valence-electron chi connectivity index (χ3n) is 2.71. The van der Waals surface area contributed by atoms with Gasteiger partial charge < -0.3 is 5.32 Å². The van der Waals surface area contributed by atoms with Crippen LogP contribution in [0.25, 0.3) is 0 Å². The first-order valence-electron chi connectivity index (χ1n) is 6.46. The van der Waals surface area contributed by atoms with Crippen LogP contribution in [0.5, 0.6) is 0 Å². The molecule has 2 aromatic rings. The van der Waals surface area contributed by atoms with Gasteiger partial charge in [-0.3, -0.25) is 4.79 Å². The number of aromatic nitrogens is 1. The van der Waals surface area contributed by atoms with E-state index in [4.69, 9.17) is 0 Å². The van der Waals surface area contributed by atoms with E-state index in [0.29, 0.717) is 5.69 Å². The molecule has 2 heterocycles. The maximum Gasteiger partial charge on any atom is 0.270 e. The molecule has 5 heteroatoms. The summed E-state index contributed by atoms with van der Waals surface area (Å²) in [5.74, 6) is -0.0670. The van der Waals surface area contributed by atoms with Crippen LogP contribution in [0.15, 0.2) is 22.9 Å². The summed E-state index contributed by atoms with van der Waals surface area (Å²) >= 11 is 3.29. The van der Waals surface area contributed by atoms with Gasteiger partial charge in [-0.15, -0.1) is 22.7 Å². The monoisotopic (exact) mass is 294 g/mol. The Kier molecular flexibility index (Phi) is 5.10. The van der Waals surface area contributed by atoms with Gasteiger partial charge in [0, 0.05) is 22.7 Å². The van der Waals surface area contributed by atoms with Crippen molar-refractivity contribution in [2.75, 3.05) is 0 Å². The molecule has 2 rings (SSSR count). The van der Waals surface area contributed by atoms with E-state index in [-0.39, 0.29) is 11.9 Å². The van der Waals surface area contributed by atoms with E-state index in [9.17, 15) is 4.79 Å². The van der Waals surface area contributed by atoms with Crippen molar-refractivity contribution < 1.29 is 4.79 Å². The second-order valence-corrected chi connectivity index (χ2v) is 6.51. The zero-order valence-electron chi connectivity index (χ0n) is 11.2. The van der Waals surface area contributed by atoms with Crippen LogP contribution in [-0.4, -0.2) is 16.9 Å². The van der Waals surface area contributed by atoms with E-state index in [1.54, 1.807) is 22.7 Å². The lowest BCUT2D eigenvalue weighted by molar-refractivity contribution is 0.0935. The maximum absolute atomic E-state index is 12.0. The first-order chi connectivity index (χ1) is 9.19. The molecule has 0 aliphatic carbocycles. The van der Waals surface area contributed by atoms with Crippen molar-refractivity contribution in [2.24, 2.45) is 0 Å². The molecule has 1 amide bonds. The number of rotatable bonds is 6. The number of nitrogens with one attached hydrogen (secondary N) is 1. The first-order valence-corrected chi connectivity index (χ1v) is 8.22. The Morgan fingerprint density at radius 3 is 3.00 bits per heavy atom. The van der Waals surface area contributed by atoms with Crippen LogP contribution in [0.1, 0.15) is 40.6 Å². The molecular formula is C14H18N2OS2. The van der Waals surface area contributed by atoms with Crippen LogP contribution < -0.4 is 5.32 Å². The standard InChI is InChI=1S/C14H18N2OS2/c1-3-5-13-16-12(9-19-13)14(17)15-10(2)8-11-6-4-7-18-11/h4,6-7,9-10H,3,5,8H2,1-2H3,(H,15,17). The van der Waals surface area contributed by atoms with Gasteiger partial charge in [0.25, 0.3) is 5.91 Å². The van der Waals surface area contributed by atoms with Gasteiger partial charge in [0.15, 0.2) is 0 Å². The lowest BCUT2D eigenvalue weighted by Gasteiger charge is -2.11. The molecular weight excluding hydrogens is 276 g/mol. The van der Waals surface area contributed by atoms with Crippen molar-refractivity contribution in [1.29, 1.82) is 0 Å². The quantitative estimate of drug-likeness (QED) is 0.885. The predicted octanol–water partition coefficient (Wildman–Crippen LogP) is 3.52. The smallest absolute Gasteiger partial charge is 0.270 e. The van der Waals surface area contributed by atoms with Crippen LogP contribution in [0.4, 0.5) is 0 Å². The number of aryl methyl sites for hydroxylation is 1. The number of nitrogens with zero attached hydrogens (tertiary/aromatic N) is 1.